The topological polar surface area (TPSA) is 90.5 Å². The number of unbranched alkanes of at least 4 members (excludes halogenated alkanes) is 2. The molecule has 8 heteroatoms. The van der Waals surface area contributed by atoms with Crippen LogP contribution in [0, 0.1) is 0 Å². The van der Waals surface area contributed by atoms with Crippen molar-refractivity contribution in [1.82, 2.24) is 21.1 Å². The minimum atomic E-state index is -0.304. The van der Waals surface area contributed by atoms with E-state index in [9.17, 15) is 14.4 Å². The molecule has 1 aromatic carbocycles. The number of benzene rings is 1. The number of nitrogens with one attached hydrogen (secondary N) is 3. The quantitative estimate of drug-likeness (QED) is 0.277. The summed E-state index contributed by atoms with van der Waals surface area (Å²) in [6.07, 6.45) is 3.84. The third kappa shape index (κ3) is 5.26. The maximum atomic E-state index is 12.2. The van der Waals surface area contributed by atoms with Crippen LogP contribution in [0.1, 0.15) is 59.7 Å². The molecule has 1 aliphatic heterocycles. The van der Waals surface area contributed by atoms with E-state index in [1.807, 2.05) is 0 Å². The van der Waals surface area contributed by atoms with Crippen molar-refractivity contribution in [2.24, 2.45) is 0 Å². The van der Waals surface area contributed by atoms with Gasteiger partial charge in [0, 0.05) is 19.5 Å². The Morgan fingerprint density at radius 2 is 1.69 bits per heavy atom. The van der Waals surface area contributed by atoms with Crippen molar-refractivity contribution in [3.05, 3.63) is 35.4 Å². The van der Waals surface area contributed by atoms with Crippen LogP contribution in [0.3, 0.4) is 0 Å². The van der Waals surface area contributed by atoms with E-state index < -0.39 is 0 Å². The molecule has 0 saturated carbocycles. The average molecular weight is 376 g/mol. The van der Waals surface area contributed by atoms with Gasteiger partial charge in [0.1, 0.15) is 0 Å². The molecule has 1 aliphatic rings. The van der Waals surface area contributed by atoms with Gasteiger partial charge in [-0.1, -0.05) is 31.9 Å². The molecule has 2 rings (SSSR count). The van der Waals surface area contributed by atoms with Gasteiger partial charge in [-0.15, -0.1) is 0 Å². The number of amides is 3. The van der Waals surface area contributed by atoms with Crippen molar-refractivity contribution in [2.75, 3.05) is 13.1 Å². The first-order valence-electron chi connectivity index (χ1n) is 8.82. The highest BCUT2D eigenvalue weighted by Gasteiger charge is 2.34. The van der Waals surface area contributed by atoms with E-state index in [4.69, 9.17) is 12.2 Å². The number of nitrogens with zero attached hydrogens (tertiary/aromatic N) is 1. The monoisotopic (exact) mass is 376 g/mol. The van der Waals surface area contributed by atoms with Crippen LogP contribution in [-0.4, -0.2) is 40.8 Å². The summed E-state index contributed by atoms with van der Waals surface area (Å²) in [5.74, 6) is -0.859. The SMILES string of the molecule is CCCCCNC(=S)NNC(=O)CCCN1C(=O)c2ccccc2C1=O. The lowest BCUT2D eigenvalue weighted by atomic mass is 10.1. The maximum absolute atomic E-state index is 12.2. The van der Waals surface area contributed by atoms with Crippen LogP contribution in [0.25, 0.3) is 0 Å². The Labute approximate surface area is 158 Å². The second kappa shape index (κ2) is 9.86. The first-order chi connectivity index (χ1) is 12.5. The third-order valence-corrected chi connectivity index (χ3v) is 4.29. The fourth-order valence-corrected chi connectivity index (χ4v) is 2.80. The van der Waals surface area contributed by atoms with Gasteiger partial charge in [-0.25, -0.2) is 0 Å². The zero-order valence-electron chi connectivity index (χ0n) is 14.8. The summed E-state index contributed by atoms with van der Waals surface area (Å²) in [5.41, 5.74) is 5.99. The minimum Gasteiger partial charge on any atom is -0.361 e. The molecule has 0 atom stereocenters. The Bertz CT molecular complexity index is 658. The van der Waals surface area contributed by atoms with Gasteiger partial charge in [-0.2, -0.15) is 0 Å². The Balaban J connectivity index is 1.66. The zero-order chi connectivity index (χ0) is 18.9. The molecule has 3 N–H and O–H groups in total. The van der Waals surface area contributed by atoms with E-state index in [2.05, 4.69) is 23.1 Å². The molecular formula is C18H24N4O3S. The smallest absolute Gasteiger partial charge is 0.261 e. The van der Waals surface area contributed by atoms with Gasteiger partial charge >= 0.3 is 0 Å². The van der Waals surface area contributed by atoms with Gasteiger partial charge in [0.15, 0.2) is 5.11 Å². The predicted molar refractivity (Wildman–Crippen MR) is 102 cm³/mol. The summed E-state index contributed by atoms with van der Waals surface area (Å²) in [4.78, 5) is 37.4. The molecule has 26 heavy (non-hydrogen) atoms. The van der Waals surface area contributed by atoms with Crippen LogP contribution in [0.5, 0.6) is 0 Å². The highest BCUT2D eigenvalue weighted by molar-refractivity contribution is 7.80. The van der Waals surface area contributed by atoms with Gasteiger partial charge < -0.3 is 5.32 Å². The van der Waals surface area contributed by atoms with Crippen molar-refractivity contribution >= 4 is 35.1 Å². The van der Waals surface area contributed by atoms with E-state index in [-0.39, 0.29) is 30.7 Å². The largest absolute Gasteiger partial charge is 0.361 e. The number of hydrogen-bond donors (Lipinski definition) is 3. The number of hydrogen-bond acceptors (Lipinski definition) is 4. The molecule has 0 aromatic heterocycles. The predicted octanol–water partition coefficient (Wildman–Crippen LogP) is 1.75. The molecule has 0 aliphatic carbocycles. The van der Waals surface area contributed by atoms with E-state index in [0.717, 1.165) is 25.8 Å². The number of carbonyl (C=O) groups is 3. The summed E-state index contributed by atoms with van der Waals surface area (Å²) in [5, 5.41) is 3.37. The molecule has 0 unspecified atom stereocenters. The van der Waals surface area contributed by atoms with Crippen LogP contribution >= 0.6 is 12.2 Å². The van der Waals surface area contributed by atoms with Crippen molar-refractivity contribution in [1.29, 1.82) is 0 Å². The molecular weight excluding hydrogens is 352 g/mol. The summed E-state index contributed by atoms with van der Waals surface area (Å²) >= 11 is 5.06. The summed E-state index contributed by atoms with van der Waals surface area (Å²) in [7, 11) is 0. The van der Waals surface area contributed by atoms with Crippen LogP contribution in [0.4, 0.5) is 0 Å². The molecule has 1 aromatic rings. The van der Waals surface area contributed by atoms with Crippen LogP contribution in [0.15, 0.2) is 24.3 Å². The molecule has 0 radical (unpaired) electrons. The highest BCUT2D eigenvalue weighted by atomic mass is 32.1. The molecule has 0 spiro atoms. The lowest BCUT2D eigenvalue weighted by molar-refractivity contribution is -0.121. The second-order valence-electron chi connectivity index (χ2n) is 6.05. The lowest BCUT2D eigenvalue weighted by Crippen LogP contribution is -2.47. The van der Waals surface area contributed by atoms with Crippen molar-refractivity contribution in [3.63, 3.8) is 0 Å². The van der Waals surface area contributed by atoms with E-state index in [0.29, 0.717) is 22.7 Å². The normalized spacial score (nSPS) is 12.7. The lowest BCUT2D eigenvalue weighted by Gasteiger charge is -2.14. The van der Waals surface area contributed by atoms with Crippen LogP contribution < -0.4 is 16.2 Å². The fraction of sp³-hybridized carbons (Fsp3) is 0.444. The van der Waals surface area contributed by atoms with Gasteiger partial charge in [0.25, 0.3) is 11.8 Å². The highest BCUT2D eigenvalue weighted by Crippen LogP contribution is 2.22. The number of imide groups is 1. The zero-order valence-corrected chi connectivity index (χ0v) is 15.7. The van der Waals surface area contributed by atoms with Gasteiger partial charge in [-0.05, 0) is 37.2 Å². The van der Waals surface area contributed by atoms with Gasteiger partial charge in [0.2, 0.25) is 5.91 Å². The molecule has 0 saturated heterocycles. The first-order valence-corrected chi connectivity index (χ1v) is 9.23. The van der Waals surface area contributed by atoms with Crippen molar-refractivity contribution in [3.8, 4) is 0 Å². The van der Waals surface area contributed by atoms with Gasteiger partial charge in [0.05, 0.1) is 11.1 Å². The summed E-state index contributed by atoms with van der Waals surface area (Å²) < 4.78 is 0. The molecule has 1 heterocycles. The molecule has 0 bridgehead atoms. The number of thiocarbonyl (C=S) groups is 1. The van der Waals surface area contributed by atoms with Crippen LogP contribution in [0.2, 0.25) is 0 Å². The first kappa shape index (κ1) is 19.8. The average Bonchev–Trinajstić information content (AvgIpc) is 2.89. The number of rotatable bonds is 8. The Morgan fingerprint density at radius 1 is 1.04 bits per heavy atom. The second-order valence-corrected chi connectivity index (χ2v) is 6.46. The molecule has 140 valence electrons. The van der Waals surface area contributed by atoms with E-state index in [1.54, 1.807) is 24.3 Å². The van der Waals surface area contributed by atoms with Crippen LogP contribution in [-0.2, 0) is 4.79 Å². The third-order valence-electron chi connectivity index (χ3n) is 4.05. The number of carbonyl (C=O) groups excluding carboxylic acids is 3. The van der Waals surface area contributed by atoms with E-state index >= 15 is 0 Å². The van der Waals surface area contributed by atoms with Crippen molar-refractivity contribution in [2.45, 2.75) is 39.0 Å². The Morgan fingerprint density at radius 3 is 2.31 bits per heavy atom. The fourth-order valence-electron chi connectivity index (χ4n) is 2.65. The maximum Gasteiger partial charge on any atom is 0.261 e. The summed E-state index contributed by atoms with van der Waals surface area (Å²) in [6.45, 7) is 3.09. The van der Waals surface area contributed by atoms with E-state index in [1.165, 1.54) is 4.90 Å². The number of hydrazine groups is 1. The minimum absolute atomic E-state index is 0.179. The molecule has 7 nitrogen and oxygen atoms in total. The Hall–Kier alpha value is -2.48. The van der Waals surface area contributed by atoms with Gasteiger partial charge in [-0.3, -0.25) is 30.1 Å². The molecule has 3 amide bonds. The standard InChI is InChI=1S/C18H24N4O3S/c1-2-3-6-11-19-18(26)21-20-15(23)10-7-12-22-16(24)13-8-4-5-9-14(13)17(22)25/h4-5,8-9H,2-3,6-7,10-12H2,1H3,(H,20,23)(H2,19,21,26). The van der Waals surface area contributed by atoms with Crippen molar-refractivity contribution < 1.29 is 14.4 Å². The molecule has 0 fully saturated rings. The summed E-state index contributed by atoms with van der Waals surface area (Å²) in [6, 6.07) is 6.74. The number of fused-ring (bicyclic) bond motifs is 1. The Kier molecular flexibility index (Phi) is 7.53.